The van der Waals surface area contributed by atoms with Crippen LogP contribution in [0.25, 0.3) is 5.82 Å². The van der Waals surface area contributed by atoms with E-state index in [-0.39, 0.29) is 5.91 Å². The van der Waals surface area contributed by atoms with E-state index in [0.29, 0.717) is 43.1 Å². The van der Waals surface area contributed by atoms with E-state index in [4.69, 9.17) is 0 Å². The minimum Gasteiger partial charge on any atom is -0.387 e. The SMILES string of the molecule is CCC(O)c1cc2n(n1)CCN(C(=O)c1cnn(-c3ccccn3)c1C)C2. The monoisotopic (exact) mass is 366 g/mol. The van der Waals surface area contributed by atoms with E-state index in [0.717, 1.165) is 11.4 Å². The lowest BCUT2D eigenvalue weighted by atomic mass is 10.1. The molecule has 4 heterocycles. The first-order valence-electron chi connectivity index (χ1n) is 9.08. The Kier molecular flexibility index (Phi) is 4.49. The standard InChI is InChI=1S/C19H22N6O2/c1-3-17(26)16-10-14-12-23(8-9-24(14)22-16)19(27)15-11-21-25(13(15)2)18-6-4-5-7-20-18/h4-7,10-11,17,26H,3,8-9,12H2,1-2H3. The van der Waals surface area contributed by atoms with Crippen LogP contribution in [-0.2, 0) is 13.1 Å². The summed E-state index contributed by atoms with van der Waals surface area (Å²) >= 11 is 0. The molecule has 1 amide bonds. The Morgan fingerprint density at radius 1 is 1.33 bits per heavy atom. The summed E-state index contributed by atoms with van der Waals surface area (Å²) < 4.78 is 3.55. The molecule has 1 N–H and O–H groups in total. The van der Waals surface area contributed by atoms with E-state index in [9.17, 15) is 9.90 Å². The number of aliphatic hydroxyl groups excluding tert-OH is 1. The number of aliphatic hydroxyl groups is 1. The molecule has 27 heavy (non-hydrogen) atoms. The van der Waals surface area contributed by atoms with Crippen molar-refractivity contribution in [2.75, 3.05) is 6.54 Å². The molecule has 1 aliphatic rings. The minimum atomic E-state index is -0.564. The van der Waals surface area contributed by atoms with Gasteiger partial charge in [0.05, 0.1) is 48.0 Å². The average Bonchev–Trinajstić information content (AvgIpc) is 3.30. The molecule has 0 saturated heterocycles. The summed E-state index contributed by atoms with van der Waals surface area (Å²) in [5, 5.41) is 18.8. The number of carbonyl (C=O) groups is 1. The number of nitrogens with zero attached hydrogens (tertiary/aromatic N) is 6. The predicted octanol–water partition coefficient (Wildman–Crippen LogP) is 1.87. The average molecular weight is 366 g/mol. The van der Waals surface area contributed by atoms with E-state index in [1.54, 1.807) is 22.0 Å². The van der Waals surface area contributed by atoms with Gasteiger partial charge in [-0.15, -0.1) is 0 Å². The van der Waals surface area contributed by atoms with Gasteiger partial charge in [0, 0.05) is 12.7 Å². The number of rotatable bonds is 4. The number of fused-ring (bicyclic) bond motifs is 1. The Hall–Kier alpha value is -3.00. The molecule has 8 heteroatoms. The minimum absolute atomic E-state index is 0.0558. The predicted molar refractivity (Wildman–Crippen MR) is 98.3 cm³/mol. The lowest BCUT2D eigenvalue weighted by Gasteiger charge is -2.27. The second kappa shape index (κ2) is 6.96. The maximum Gasteiger partial charge on any atom is 0.257 e. The fourth-order valence-corrected chi connectivity index (χ4v) is 3.33. The fourth-order valence-electron chi connectivity index (χ4n) is 3.33. The van der Waals surface area contributed by atoms with Crippen molar-refractivity contribution in [3.8, 4) is 5.82 Å². The molecule has 0 fully saturated rings. The largest absolute Gasteiger partial charge is 0.387 e. The molecule has 1 aliphatic heterocycles. The lowest BCUT2D eigenvalue weighted by molar-refractivity contribution is 0.0705. The Morgan fingerprint density at radius 2 is 2.19 bits per heavy atom. The maximum absolute atomic E-state index is 13.0. The molecule has 140 valence electrons. The molecule has 3 aromatic heterocycles. The van der Waals surface area contributed by atoms with Gasteiger partial charge in [-0.2, -0.15) is 10.2 Å². The van der Waals surface area contributed by atoms with Gasteiger partial charge in [-0.25, -0.2) is 9.67 Å². The van der Waals surface area contributed by atoms with Crippen LogP contribution in [0.2, 0.25) is 0 Å². The van der Waals surface area contributed by atoms with Crippen LogP contribution in [0.15, 0.2) is 36.7 Å². The summed E-state index contributed by atoms with van der Waals surface area (Å²) in [6, 6.07) is 7.47. The highest BCUT2D eigenvalue weighted by molar-refractivity contribution is 5.95. The summed E-state index contributed by atoms with van der Waals surface area (Å²) in [6.07, 6.45) is 3.35. The number of hydrogen-bond acceptors (Lipinski definition) is 5. The maximum atomic E-state index is 13.0. The van der Waals surface area contributed by atoms with Gasteiger partial charge in [0.2, 0.25) is 0 Å². The van der Waals surface area contributed by atoms with Crippen LogP contribution in [0.3, 0.4) is 0 Å². The molecule has 4 rings (SSSR count). The molecular formula is C19H22N6O2. The Morgan fingerprint density at radius 3 is 2.93 bits per heavy atom. The van der Waals surface area contributed by atoms with E-state index in [1.807, 2.05) is 42.8 Å². The smallest absolute Gasteiger partial charge is 0.257 e. The zero-order chi connectivity index (χ0) is 19.0. The molecule has 3 aromatic rings. The Balaban J connectivity index is 1.56. The molecule has 0 aromatic carbocycles. The van der Waals surface area contributed by atoms with Gasteiger partial charge in [-0.1, -0.05) is 13.0 Å². The molecule has 1 atom stereocenters. The van der Waals surface area contributed by atoms with Crippen molar-refractivity contribution < 1.29 is 9.90 Å². The van der Waals surface area contributed by atoms with Crippen molar-refractivity contribution in [2.45, 2.75) is 39.5 Å². The van der Waals surface area contributed by atoms with Crippen LogP contribution < -0.4 is 0 Å². The summed E-state index contributed by atoms with van der Waals surface area (Å²) in [7, 11) is 0. The van der Waals surface area contributed by atoms with Crippen LogP contribution in [0.5, 0.6) is 0 Å². The van der Waals surface area contributed by atoms with Crippen molar-refractivity contribution in [3.63, 3.8) is 0 Å². The van der Waals surface area contributed by atoms with Crippen LogP contribution in [0, 0.1) is 6.92 Å². The number of carbonyl (C=O) groups excluding carboxylic acids is 1. The van der Waals surface area contributed by atoms with Crippen molar-refractivity contribution in [1.29, 1.82) is 0 Å². The van der Waals surface area contributed by atoms with Crippen molar-refractivity contribution >= 4 is 5.91 Å². The van der Waals surface area contributed by atoms with Crippen molar-refractivity contribution in [1.82, 2.24) is 29.4 Å². The first kappa shape index (κ1) is 17.4. The first-order chi connectivity index (χ1) is 13.1. The van der Waals surface area contributed by atoms with E-state index < -0.39 is 6.10 Å². The number of pyridine rings is 1. The van der Waals surface area contributed by atoms with Gasteiger partial charge in [0.25, 0.3) is 5.91 Å². The lowest BCUT2D eigenvalue weighted by Crippen LogP contribution is -2.38. The van der Waals surface area contributed by atoms with E-state index in [1.165, 1.54) is 0 Å². The van der Waals surface area contributed by atoms with Crippen LogP contribution in [0.1, 0.15) is 46.9 Å². The second-order valence-corrected chi connectivity index (χ2v) is 6.68. The zero-order valence-electron chi connectivity index (χ0n) is 15.4. The number of amides is 1. The van der Waals surface area contributed by atoms with Gasteiger partial charge in [0.15, 0.2) is 5.82 Å². The van der Waals surface area contributed by atoms with Crippen LogP contribution in [0.4, 0.5) is 0 Å². The third-order valence-electron chi connectivity index (χ3n) is 4.94. The summed E-state index contributed by atoms with van der Waals surface area (Å²) in [4.78, 5) is 19.1. The Bertz CT molecular complexity index is 962. The molecule has 1 unspecified atom stereocenters. The summed E-state index contributed by atoms with van der Waals surface area (Å²) in [5.41, 5.74) is 2.94. The zero-order valence-corrected chi connectivity index (χ0v) is 15.4. The molecule has 0 aliphatic carbocycles. The first-order valence-corrected chi connectivity index (χ1v) is 9.08. The van der Waals surface area contributed by atoms with E-state index in [2.05, 4.69) is 15.2 Å². The normalized spacial score (nSPS) is 14.9. The highest BCUT2D eigenvalue weighted by Gasteiger charge is 2.26. The summed E-state index contributed by atoms with van der Waals surface area (Å²) in [5.74, 6) is 0.628. The third-order valence-corrected chi connectivity index (χ3v) is 4.94. The van der Waals surface area contributed by atoms with Gasteiger partial charge in [0.1, 0.15) is 0 Å². The molecule has 0 radical (unpaired) electrons. The topological polar surface area (TPSA) is 89.1 Å². The fraction of sp³-hybridized carbons (Fsp3) is 0.368. The molecule has 0 saturated carbocycles. The third kappa shape index (κ3) is 3.12. The van der Waals surface area contributed by atoms with Crippen LogP contribution in [-0.4, -0.2) is 47.0 Å². The number of hydrogen-bond donors (Lipinski definition) is 1. The quantitative estimate of drug-likeness (QED) is 0.761. The van der Waals surface area contributed by atoms with Gasteiger partial charge < -0.3 is 10.0 Å². The van der Waals surface area contributed by atoms with Gasteiger partial charge in [-0.05, 0) is 31.5 Å². The number of aromatic nitrogens is 5. The highest BCUT2D eigenvalue weighted by Crippen LogP contribution is 2.22. The molecule has 0 bridgehead atoms. The molecule has 8 nitrogen and oxygen atoms in total. The van der Waals surface area contributed by atoms with Crippen LogP contribution >= 0.6 is 0 Å². The van der Waals surface area contributed by atoms with Crippen molar-refractivity contribution in [2.24, 2.45) is 0 Å². The Labute approximate surface area is 157 Å². The summed E-state index contributed by atoms with van der Waals surface area (Å²) in [6.45, 7) is 5.45. The molecule has 0 spiro atoms. The highest BCUT2D eigenvalue weighted by atomic mass is 16.3. The molecular weight excluding hydrogens is 344 g/mol. The van der Waals surface area contributed by atoms with Gasteiger partial charge in [-0.3, -0.25) is 9.48 Å². The van der Waals surface area contributed by atoms with Crippen molar-refractivity contribution in [3.05, 3.63) is 59.3 Å². The second-order valence-electron chi connectivity index (χ2n) is 6.68. The van der Waals surface area contributed by atoms with E-state index >= 15 is 0 Å². The van der Waals surface area contributed by atoms with Gasteiger partial charge >= 0.3 is 0 Å².